The summed E-state index contributed by atoms with van der Waals surface area (Å²) >= 11 is 0.983. The van der Waals surface area contributed by atoms with E-state index in [1.165, 1.54) is 17.0 Å². The number of aromatic nitrogens is 1. The van der Waals surface area contributed by atoms with E-state index in [9.17, 15) is 22.0 Å². The molecule has 2 aromatic carbocycles. The number of nitrogens with zero attached hydrogens (tertiary/aromatic N) is 3. The Labute approximate surface area is 196 Å². The molecule has 0 aliphatic carbocycles. The highest BCUT2D eigenvalue weighted by molar-refractivity contribution is 7.90. The van der Waals surface area contributed by atoms with Crippen molar-refractivity contribution in [3.05, 3.63) is 53.6 Å². The van der Waals surface area contributed by atoms with Gasteiger partial charge in [0.25, 0.3) is 5.91 Å². The Kier molecular flexibility index (Phi) is 8.69. The number of hydrogen-bond acceptors (Lipinski definition) is 6. The molecule has 1 aromatic heterocycles. The summed E-state index contributed by atoms with van der Waals surface area (Å²) < 4.78 is 52.6. The van der Waals surface area contributed by atoms with Crippen LogP contribution in [0, 0.1) is 11.6 Å². The lowest BCUT2D eigenvalue weighted by Gasteiger charge is -2.25. The molecular weight excluding hydrogens is 480 g/mol. The monoisotopic (exact) mass is 503 g/mol. The molecule has 11 heteroatoms. The van der Waals surface area contributed by atoms with Gasteiger partial charge in [-0.25, -0.2) is 22.2 Å². The second-order valence-corrected chi connectivity index (χ2v) is 9.98. The Hall–Kier alpha value is -2.14. The van der Waals surface area contributed by atoms with Crippen molar-refractivity contribution in [2.24, 2.45) is 0 Å². The fourth-order valence-electron chi connectivity index (χ4n) is 3.24. The number of rotatable bonds is 8. The third-order valence-electron chi connectivity index (χ3n) is 4.93. The minimum absolute atomic E-state index is 0. The predicted molar refractivity (Wildman–Crippen MR) is 126 cm³/mol. The highest BCUT2D eigenvalue weighted by atomic mass is 35.5. The van der Waals surface area contributed by atoms with E-state index < -0.39 is 27.4 Å². The molecule has 32 heavy (non-hydrogen) atoms. The number of fused-ring (bicyclic) bond motifs is 1. The van der Waals surface area contributed by atoms with Gasteiger partial charge in [-0.2, -0.15) is 0 Å². The highest BCUT2D eigenvalue weighted by Gasteiger charge is 2.27. The lowest BCUT2D eigenvalue weighted by molar-refractivity contribution is 0.0980. The zero-order chi connectivity index (χ0) is 22.8. The molecule has 0 saturated heterocycles. The van der Waals surface area contributed by atoms with E-state index in [1.54, 1.807) is 12.1 Å². The van der Waals surface area contributed by atoms with E-state index >= 15 is 0 Å². The number of carbonyl (C=O) groups is 1. The number of likely N-dealkylation sites (N-methyl/N-ethyl adjacent to an activating group) is 1. The van der Waals surface area contributed by atoms with Crippen molar-refractivity contribution in [1.29, 1.82) is 0 Å². The van der Waals surface area contributed by atoms with Crippen molar-refractivity contribution < 1.29 is 22.0 Å². The van der Waals surface area contributed by atoms with Gasteiger partial charge >= 0.3 is 0 Å². The van der Waals surface area contributed by atoms with Crippen molar-refractivity contribution in [3.8, 4) is 0 Å². The number of carbonyl (C=O) groups excluding carboxylic acids is 1. The second-order valence-electron chi connectivity index (χ2n) is 6.98. The van der Waals surface area contributed by atoms with Crippen LogP contribution in [0.15, 0.2) is 41.3 Å². The van der Waals surface area contributed by atoms with Crippen LogP contribution < -0.4 is 4.90 Å². The number of benzene rings is 2. The Bertz CT molecular complexity index is 1210. The van der Waals surface area contributed by atoms with Crippen molar-refractivity contribution >= 4 is 54.8 Å². The fourth-order valence-corrected chi connectivity index (χ4v) is 5.15. The maximum Gasteiger partial charge on any atom is 0.261 e. The largest absolute Gasteiger partial charge is 0.302 e. The Morgan fingerprint density at radius 2 is 1.75 bits per heavy atom. The van der Waals surface area contributed by atoms with E-state index in [-0.39, 0.29) is 44.8 Å². The summed E-state index contributed by atoms with van der Waals surface area (Å²) in [4.78, 5) is 21.0. The second kappa shape index (κ2) is 10.7. The summed E-state index contributed by atoms with van der Waals surface area (Å²) in [7, 11) is -3.66. The van der Waals surface area contributed by atoms with Gasteiger partial charge in [-0.1, -0.05) is 37.3 Å². The van der Waals surface area contributed by atoms with Crippen LogP contribution in [0.4, 0.5) is 13.9 Å². The van der Waals surface area contributed by atoms with E-state index in [0.29, 0.717) is 6.54 Å². The zero-order valence-corrected chi connectivity index (χ0v) is 20.3. The topological polar surface area (TPSA) is 70.6 Å². The molecule has 0 bridgehead atoms. The zero-order valence-electron chi connectivity index (χ0n) is 17.8. The van der Waals surface area contributed by atoms with Crippen LogP contribution in [0.1, 0.15) is 24.2 Å². The number of anilines is 1. The molecule has 0 fully saturated rings. The average molecular weight is 504 g/mol. The van der Waals surface area contributed by atoms with Gasteiger partial charge in [-0.05, 0) is 31.3 Å². The summed E-state index contributed by atoms with van der Waals surface area (Å²) in [5.41, 5.74) is -0.0195. The van der Waals surface area contributed by atoms with Gasteiger partial charge in [-0.15, -0.1) is 12.4 Å². The molecule has 0 unspecified atom stereocenters. The number of hydrogen-bond donors (Lipinski definition) is 0. The first-order valence-electron chi connectivity index (χ1n) is 9.74. The molecule has 3 aromatic rings. The Balaban J connectivity index is 0.00000363. The standard InChI is InChI=1S/C21H23F2N3O3S2.ClH/c1-4-25(5-2)10-11-26(20(27)15-8-6-7-9-18(15)31(3,28)29)21-24-19-16(23)12-14(22)13-17(19)30-21;/h6-9,12-13H,4-5,10-11H2,1-3H3;1H. The van der Waals surface area contributed by atoms with Crippen molar-refractivity contribution in [2.75, 3.05) is 37.3 Å². The molecule has 3 rings (SSSR count). The first-order chi connectivity index (χ1) is 14.7. The van der Waals surface area contributed by atoms with Gasteiger partial charge in [-0.3, -0.25) is 9.69 Å². The third kappa shape index (κ3) is 5.61. The van der Waals surface area contributed by atoms with Gasteiger partial charge in [0.15, 0.2) is 20.8 Å². The van der Waals surface area contributed by atoms with Crippen LogP contribution in [0.25, 0.3) is 10.2 Å². The Morgan fingerprint density at radius 1 is 1.09 bits per heavy atom. The summed E-state index contributed by atoms with van der Waals surface area (Å²) in [5, 5.41) is 0.181. The predicted octanol–water partition coefficient (Wildman–Crippen LogP) is 4.39. The quantitative estimate of drug-likeness (QED) is 0.456. The first-order valence-corrected chi connectivity index (χ1v) is 12.4. The summed E-state index contributed by atoms with van der Waals surface area (Å²) in [5.74, 6) is -2.11. The number of amides is 1. The van der Waals surface area contributed by atoms with Gasteiger partial charge in [0.05, 0.1) is 15.2 Å². The lowest BCUT2D eigenvalue weighted by atomic mass is 10.2. The Morgan fingerprint density at radius 3 is 2.38 bits per heavy atom. The van der Waals surface area contributed by atoms with E-state index in [4.69, 9.17) is 0 Å². The fraction of sp³-hybridized carbons (Fsp3) is 0.333. The highest BCUT2D eigenvalue weighted by Crippen LogP contribution is 2.32. The van der Waals surface area contributed by atoms with Crippen LogP contribution >= 0.6 is 23.7 Å². The number of thiazole rings is 1. The molecule has 1 amide bonds. The molecule has 0 aliphatic rings. The minimum atomic E-state index is -3.66. The molecule has 0 spiro atoms. The summed E-state index contributed by atoms with van der Waals surface area (Å²) in [6, 6.07) is 7.85. The molecule has 0 radical (unpaired) electrons. The normalized spacial score (nSPS) is 11.6. The third-order valence-corrected chi connectivity index (χ3v) is 7.11. The van der Waals surface area contributed by atoms with Gasteiger partial charge in [0.2, 0.25) is 0 Å². The van der Waals surface area contributed by atoms with Crippen molar-refractivity contribution in [3.63, 3.8) is 0 Å². The number of halogens is 3. The van der Waals surface area contributed by atoms with Crippen molar-refractivity contribution in [1.82, 2.24) is 9.88 Å². The first kappa shape index (κ1) is 26.1. The summed E-state index contributed by atoms with van der Waals surface area (Å²) in [6.45, 7) is 6.22. The van der Waals surface area contributed by atoms with E-state index in [2.05, 4.69) is 9.88 Å². The van der Waals surface area contributed by atoms with Crippen molar-refractivity contribution in [2.45, 2.75) is 18.7 Å². The van der Waals surface area contributed by atoms with Crippen LogP contribution in [0.2, 0.25) is 0 Å². The lowest BCUT2D eigenvalue weighted by Crippen LogP contribution is -2.39. The van der Waals surface area contributed by atoms with Crippen LogP contribution in [-0.4, -0.2) is 56.6 Å². The van der Waals surface area contributed by atoms with E-state index in [0.717, 1.165) is 42.8 Å². The molecule has 1 heterocycles. The molecule has 0 saturated carbocycles. The molecule has 0 atom stereocenters. The minimum Gasteiger partial charge on any atom is -0.302 e. The van der Waals surface area contributed by atoms with Gasteiger partial charge in [0, 0.05) is 25.4 Å². The SMILES string of the molecule is CCN(CC)CCN(C(=O)c1ccccc1S(C)(=O)=O)c1nc2c(F)cc(F)cc2s1.Cl. The maximum absolute atomic E-state index is 14.2. The molecular formula is C21H24ClF2N3O3S2. The summed E-state index contributed by atoms with van der Waals surface area (Å²) in [6.07, 6.45) is 1.04. The smallest absolute Gasteiger partial charge is 0.261 e. The maximum atomic E-state index is 14.2. The molecule has 0 N–H and O–H groups in total. The molecule has 174 valence electrons. The number of sulfone groups is 1. The average Bonchev–Trinajstić information content (AvgIpc) is 3.14. The van der Waals surface area contributed by atoms with Crippen LogP contribution in [0.5, 0.6) is 0 Å². The molecule has 0 aliphatic heterocycles. The van der Waals surface area contributed by atoms with E-state index in [1.807, 2.05) is 13.8 Å². The molecule has 6 nitrogen and oxygen atoms in total. The van der Waals surface area contributed by atoms with Gasteiger partial charge < -0.3 is 4.90 Å². The van der Waals surface area contributed by atoms with Crippen LogP contribution in [0.3, 0.4) is 0 Å². The van der Waals surface area contributed by atoms with Gasteiger partial charge in [0.1, 0.15) is 11.3 Å². The van der Waals surface area contributed by atoms with Crippen LogP contribution in [-0.2, 0) is 9.84 Å².